The molecule has 0 radical (unpaired) electrons. The fourth-order valence-electron chi connectivity index (χ4n) is 5.68. The fourth-order valence-corrected chi connectivity index (χ4v) is 6.56. The highest BCUT2D eigenvalue weighted by Gasteiger charge is 2.34. The Hall–Kier alpha value is -4.26. The van der Waals surface area contributed by atoms with Crippen LogP contribution in [0.3, 0.4) is 0 Å². The molecule has 12 heteroatoms. The lowest BCUT2D eigenvalue weighted by molar-refractivity contribution is -0.135. The molecule has 3 aromatic rings. The van der Waals surface area contributed by atoms with E-state index in [-0.39, 0.29) is 54.3 Å². The third kappa shape index (κ3) is 7.88. The Balaban J connectivity index is 1.39. The van der Waals surface area contributed by atoms with Crippen LogP contribution in [0.15, 0.2) is 65.6 Å². The van der Waals surface area contributed by atoms with Gasteiger partial charge in [-0.3, -0.25) is 14.4 Å². The van der Waals surface area contributed by atoms with Crippen LogP contribution in [0.5, 0.6) is 11.5 Å². The molecule has 1 fully saturated rings. The smallest absolute Gasteiger partial charge is 0.253 e. The highest BCUT2D eigenvalue weighted by Crippen LogP contribution is 2.26. The maximum absolute atomic E-state index is 13.6. The van der Waals surface area contributed by atoms with Crippen molar-refractivity contribution in [3.8, 4) is 11.5 Å². The zero-order valence-electron chi connectivity index (χ0n) is 25.6. The number of fused-ring (bicyclic) bond motifs is 5. The minimum atomic E-state index is -4.04. The summed E-state index contributed by atoms with van der Waals surface area (Å²) in [7, 11) is -2.46. The van der Waals surface area contributed by atoms with Crippen molar-refractivity contribution < 1.29 is 32.3 Å². The quantitative estimate of drug-likeness (QED) is 0.440. The number of nitrogens with two attached hydrogens (primary N) is 1. The Morgan fingerprint density at radius 3 is 2.38 bits per heavy atom. The van der Waals surface area contributed by atoms with Gasteiger partial charge in [-0.25, -0.2) is 13.6 Å². The molecular weight excluding hydrogens is 596 g/mol. The predicted molar refractivity (Wildman–Crippen MR) is 167 cm³/mol. The van der Waals surface area contributed by atoms with Crippen molar-refractivity contribution in [3.63, 3.8) is 0 Å². The van der Waals surface area contributed by atoms with Gasteiger partial charge in [-0.15, -0.1) is 0 Å². The molecule has 2 atom stereocenters. The second kappa shape index (κ2) is 13.4. The molecule has 3 amide bonds. The number of primary sulfonamides is 1. The number of aryl methyl sites for hydroxylation is 2. The molecule has 1 saturated heterocycles. The minimum Gasteiger partial charge on any atom is -0.457 e. The van der Waals surface area contributed by atoms with Gasteiger partial charge in [-0.05, 0) is 85.3 Å². The maximum atomic E-state index is 13.6. The van der Waals surface area contributed by atoms with Gasteiger partial charge < -0.3 is 24.6 Å². The molecule has 2 aliphatic heterocycles. The third-order valence-electron chi connectivity index (χ3n) is 8.29. The van der Waals surface area contributed by atoms with Crippen LogP contribution in [-0.4, -0.2) is 74.8 Å². The first-order chi connectivity index (χ1) is 21.4. The van der Waals surface area contributed by atoms with Crippen LogP contribution < -0.4 is 15.2 Å². The summed E-state index contributed by atoms with van der Waals surface area (Å²) in [6.07, 6.45) is 0.695. The van der Waals surface area contributed by atoms with Crippen LogP contribution in [0.25, 0.3) is 0 Å². The summed E-state index contributed by atoms with van der Waals surface area (Å²) in [5.74, 6) is 0.362. The summed E-state index contributed by atoms with van der Waals surface area (Å²) < 4.78 is 36.8. The standard InChI is InChI=1S/C33H38N4O7S/c1-21-14-25(17-30(22(21)2)45(34,41)42)33(40)37-13-12-29-28(18-37)35-31(38)19-36(3)32(39)11-10-23-6-4-8-26(15-23)44-27-9-5-7-24(16-27)20-43-29/h4-9,14-17,28-29H,10-13,18-20H2,1-3H3,(H,35,38)(H2,34,41,42)/t28-,29+/m0/s1. The Kier molecular flexibility index (Phi) is 9.56. The Morgan fingerprint density at radius 2 is 1.67 bits per heavy atom. The molecule has 2 heterocycles. The number of hydrogen-bond donors (Lipinski definition) is 2. The van der Waals surface area contributed by atoms with Crippen LogP contribution in [-0.2, 0) is 37.4 Å². The van der Waals surface area contributed by atoms with Gasteiger partial charge in [0.15, 0.2) is 0 Å². The molecule has 0 aliphatic carbocycles. The molecule has 0 aromatic heterocycles. The number of hydrogen-bond acceptors (Lipinski definition) is 7. The molecule has 3 N–H and O–H groups in total. The van der Waals surface area contributed by atoms with Crippen molar-refractivity contribution in [3.05, 3.63) is 88.5 Å². The third-order valence-corrected chi connectivity index (χ3v) is 9.32. The van der Waals surface area contributed by atoms with Crippen LogP contribution in [0.1, 0.15) is 45.5 Å². The van der Waals surface area contributed by atoms with E-state index in [0.717, 1.165) is 11.1 Å². The number of likely N-dealkylation sites (N-methyl/N-ethyl adjacent to an activating group) is 1. The number of likely N-dealkylation sites (tertiary alicyclic amines) is 1. The topological polar surface area (TPSA) is 148 Å². The number of piperidine rings is 1. The second-order valence-corrected chi connectivity index (χ2v) is 13.2. The summed E-state index contributed by atoms with van der Waals surface area (Å²) >= 11 is 0. The zero-order valence-corrected chi connectivity index (χ0v) is 26.4. The van der Waals surface area contributed by atoms with E-state index in [0.29, 0.717) is 42.0 Å². The molecule has 2 aliphatic rings. The van der Waals surface area contributed by atoms with Gasteiger partial charge in [0.25, 0.3) is 5.91 Å². The van der Waals surface area contributed by atoms with Crippen LogP contribution in [0, 0.1) is 13.8 Å². The van der Waals surface area contributed by atoms with Gasteiger partial charge in [0.05, 0.1) is 30.2 Å². The van der Waals surface area contributed by atoms with Gasteiger partial charge in [0.1, 0.15) is 11.5 Å². The molecule has 45 heavy (non-hydrogen) atoms. The van der Waals surface area contributed by atoms with Crippen LogP contribution in [0.2, 0.25) is 0 Å². The van der Waals surface area contributed by atoms with Crippen molar-refractivity contribution in [1.29, 1.82) is 0 Å². The molecule has 3 aromatic carbocycles. The molecule has 11 nitrogen and oxygen atoms in total. The van der Waals surface area contributed by atoms with E-state index in [1.165, 1.54) is 11.0 Å². The van der Waals surface area contributed by atoms with Crippen molar-refractivity contribution in [1.82, 2.24) is 15.1 Å². The SMILES string of the molecule is Cc1cc(C(=O)N2CC[C@H]3OCc4cccc(c4)Oc4cccc(c4)CCC(=O)N(C)CC(=O)N[C@H]3C2)cc(S(N)(=O)=O)c1C. The molecule has 238 valence electrons. The fraction of sp³-hybridized carbons (Fsp3) is 0.364. The van der Waals surface area contributed by atoms with Gasteiger partial charge in [0.2, 0.25) is 21.8 Å². The second-order valence-electron chi connectivity index (χ2n) is 11.7. The molecule has 5 rings (SSSR count). The summed E-state index contributed by atoms with van der Waals surface area (Å²) in [5.41, 5.74) is 3.12. The van der Waals surface area contributed by atoms with Crippen LogP contribution >= 0.6 is 0 Å². The average molecular weight is 635 g/mol. The van der Waals surface area contributed by atoms with Crippen molar-refractivity contribution >= 4 is 27.7 Å². The largest absolute Gasteiger partial charge is 0.457 e. The lowest BCUT2D eigenvalue weighted by Gasteiger charge is -2.39. The van der Waals surface area contributed by atoms with E-state index in [1.54, 1.807) is 31.9 Å². The average Bonchev–Trinajstić information content (AvgIpc) is 2.99. The van der Waals surface area contributed by atoms with Crippen molar-refractivity contribution in [2.45, 2.75) is 56.8 Å². The maximum Gasteiger partial charge on any atom is 0.253 e. The Bertz CT molecular complexity index is 1730. The van der Waals surface area contributed by atoms with Gasteiger partial charge in [-0.1, -0.05) is 24.3 Å². The predicted octanol–water partition coefficient (Wildman–Crippen LogP) is 3.06. The number of rotatable bonds is 2. The molecular formula is C33H38N4O7S. The van der Waals surface area contributed by atoms with Crippen molar-refractivity contribution in [2.75, 3.05) is 26.7 Å². The van der Waals surface area contributed by atoms with Gasteiger partial charge in [0, 0.05) is 32.1 Å². The summed E-state index contributed by atoms with van der Waals surface area (Å²) in [6, 6.07) is 17.5. The van der Waals surface area contributed by atoms with E-state index >= 15 is 0 Å². The monoisotopic (exact) mass is 634 g/mol. The molecule has 0 spiro atoms. The summed E-state index contributed by atoms with van der Waals surface area (Å²) in [5, 5.41) is 8.41. The number of carbonyl (C=O) groups is 3. The minimum absolute atomic E-state index is 0.0975. The molecule has 4 bridgehead atoms. The highest BCUT2D eigenvalue weighted by molar-refractivity contribution is 7.89. The van der Waals surface area contributed by atoms with Gasteiger partial charge >= 0.3 is 0 Å². The number of amides is 3. The van der Waals surface area contributed by atoms with E-state index in [2.05, 4.69) is 5.32 Å². The lowest BCUT2D eigenvalue weighted by atomic mass is 9.99. The van der Waals surface area contributed by atoms with Gasteiger partial charge in [-0.2, -0.15) is 0 Å². The first kappa shape index (κ1) is 32.1. The van der Waals surface area contributed by atoms with E-state index in [9.17, 15) is 22.8 Å². The number of nitrogens with zero attached hydrogens (tertiary/aromatic N) is 2. The Morgan fingerprint density at radius 1 is 0.978 bits per heavy atom. The zero-order chi connectivity index (χ0) is 32.3. The van der Waals surface area contributed by atoms with E-state index in [1.807, 2.05) is 48.5 Å². The first-order valence-electron chi connectivity index (χ1n) is 14.8. The van der Waals surface area contributed by atoms with E-state index in [4.69, 9.17) is 14.6 Å². The normalized spacial score (nSPS) is 19.9. The number of nitrogens with one attached hydrogen (secondary N) is 1. The molecule has 0 saturated carbocycles. The number of benzene rings is 3. The number of sulfonamides is 1. The van der Waals surface area contributed by atoms with E-state index < -0.39 is 22.2 Å². The van der Waals surface area contributed by atoms with Crippen LogP contribution in [0.4, 0.5) is 0 Å². The Labute approximate surface area is 263 Å². The molecule has 0 unspecified atom stereocenters. The number of carbonyl (C=O) groups excluding carboxylic acids is 3. The van der Waals surface area contributed by atoms with Crippen molar-refractivity contribution in [2.24, 2.45) is 5.14 Å². The summed E-state index contributed by atoms with van der Waals surface area (Å²) in [4.78, 5) is 42.6. The lowest BCUT2D eigenvalue weighted by Crippen LogP contribution is -2.58. The summed E-state index contributed by atoms with van der Waals surface area (Å²) in [6.45, 7) is 3.91. The first-order valence-corrected chi connectivity index (χ1v) is 16.4. The highest BCUT2D eigenvalue weighted by atomic mass is 32.2. The number of ether oxygens (including phenoxy) is 2.